The monoisotopic (exact) mass is 195 g/mol. The van der Waals surface area contributed by atoms with E-state index < -0.39 is 0 Å². The number of hydrogen-bond donors (Lipinski definition) is 1. The predicted molar refractivity (Wildman–Crippen MR) is 54.9 cm³/mol. The average Bonchev–Trinajstić information content (AvgIpc) is 2.67. The summed E-state index contributed by atoms with van der Waals surface area (Å²) in [5.41, 5.74) is 6.90. The van der Waals surface area contributed by atoms with E-state index in [1.807, 2.05) is 11.6 Å². The van der Waals surface area contributed by atoms with Crippen molar-refractivity contribution in [2.75, 3.05) is 5.73 Å². The maximum Gasteiger partial charge on any atom is 0.124 e. The Morgan fingerprint density at radius 3 is 2.93 bits per heavy atom. The standard InChI is InChI=1S/C10H17N3O/c1-7-5-12-13(10(7)11)6-9-4-3-8(2)14-9/h5,8-9H,3-4,6,11H2,1-2H3. The van der Waals surface area contributed by atoms with Gasteiger partial charge in [0, 0.05) is 5.56 Å². The summed E-state index contributed by atoms with van der Waals surface area (Å²) in [7, 11) is 0. The molecular weight excluding hydrogens is 178 g/mol. The Morgan fingerprint density at radius 2 is 2.43 bits per heavy atom. The van der Waals surface area contributed by atoms with E-state index in [0.29, 0.717) is 6.10 Å². The quantitative estimate of drug-likeness (QED) is 0.774. The van der Waals surface area contributed by atoms with Gasteiger partial charge in [-0.15, -0.1) is 0 Å². The number of nitrogen functional groups attached to an aromatic ring is 1. The topological polar surface area (TPSA) is 53.1 Å². The number of nitrogens with zero attached hydrogens (tertiary/aromatic N) is 2. The summed E-state index contributed by atoms with van der Waals surface area (Å²) in [6.45, 7) is 4.86. The maximum absolute atomic E-state index is 5.86. The van der Waals surface area contributed by atoms with Gasteiger partial charge in [0.25, 0.3) is 0 Å². The molecule has 2 heterocycles. The van der Waals surface area contributed by atoms with Crippen molar-refractivity contribution in [3.63, 3.8) is 0 Å². The highest BCUT2D eigenvalue weighted by Crippen LogP contribution is 2.21. The van der Waals surface area contributed by atoms with Crippen LogP contribution in [0.5, 0.6) is 0 Å². The molecule has 1 fully saturated rings. The van der Waals surface area contributed by atoms with Crippen LogP contribution in [0.3, 0.4) is 0 Å². The number of rotatable bonds is 2. The summed E-state index contributed by atoms with van der Waals surface area (Å²) in [6.07, 6.45) is 4.72. The Bertz CT molecular complexity index is 321. The number of hydrogen-bond acceptors (Lipinski definition) is 3. The highest BCUT2D eigenvalue weighted by Gasteiger charge is 2.22. The lowest BCUT2D eigenvalue weighted by Gasteiger charge is -2.12. The SMILES string of the molecule is Cc1cnn(CC2CCC(C)O2)c1N. The van der Waals surface area contributed by atoms with E-state index in [1.165, 1.54) is 0 Å². The molecule has 0 radical (unpaired) electrons. The molecule has 0 bridgehead atoms. The molecule has 1 aliphatic heterocycles. The lowest BCUT2D eigenvalue weighted by molar-refractivity contribution is 0.0441. The molecule has 0 spiro atoms. The molecule has 14 heavy (non-hydrogen) atoms. The largest absolute Gasteiger partial charge is 0.384 e. The first-order valence-electron chi connectivity index (χ1n) is 5.10. The van der Waals surface area contributed by atoms with Crippen LogP contribution in [0.15, 0.2) is 6.20 Å². The molecule has 0 aromatic carbocycles. The van der Waals surface area contributed by atoms with Crippen molar-refractivity contribution in [3.05, 3.63) is 11.8 Å². The Morgan fingerprint density at radius 1 is 1.64 bits per heavy atom. The van der Waals surface area contributed by atoms with Crippen LogP contribution in [0.2, 0.25) is 0 Å². The second-order valence-corrected chi connectivity index (χ2v) is 4.04. The number of nitrogens with two attached hydrogens (primary N) is 1. The summed E-state index contributed by atoms with van der Waals surface area (Å²) in [6, 6.07) is 0. The number of anilines is 1. The predicted octanol–water partition coefficient (Wildman–Crippen LogP) is 1.34. The Labute approximate surface area is 84.0 Å². The average molecular weight is 195 g/mol. The van der Waals surface area contributed by atoms with Crippen LogP contribution < -0.4 is 5.73 Å². The normalized spacial score (nSPS) is 27.0. The molecule has 1 aliphatic rings. The first kappa shape index (κ1) is 9.52. The highest BCUT2D eigenvalue weighted by molar-refractivity contribution is 5.37. The maximum atomic E-state index is 5.86. The van der Waals surface area contributed by atoms with Crippen LogP contribution >= 0.6 is 0 Å². The van der Waals surface area contributed by atoms with Crippen molar-refractivity contribution >= 4 is 5.82 Å². The molecule has 2 atom stereocenters. The van der Waals surface area contributed by atoms with Crippen LogP contribution in [-0.2, 0) is 11.3 Å². The van der Waals surface area contributed by atoms with Crippen molar-refractivity contribution in [3.8, 4) is 0 Å². The first-order valence-corrected chi connectivity index (χ1v) is 5.10. The van der Waals surface area contributed by atoms with Gasteiger partial charge in [0.2, 0.25) is 0 Å². The molecule has 1 aromatic heterocycles. The zero-order valence-corrected chi connectivity index (χ0v) is 8.73. The van der Waals surface area contributed by atoms with E-state index in [0.717, 1.165) is 30.8 Å². The molecular formula is C10H17N3O. The fourth-order valence-corrected chi connectivity index (χ4v) is 1.85. The van der Waals surface area contributed by atoms with Crippen molar-refractivity contribution in [2.45, 2.75) is 45.4 Å². The molecule has 2 unspecified atom stereocenters. The molecule has 4 heteroatoms. The Kier molecular flexibility index (Phi) is 2.46. The summed E-state index contributed by atoms with van der Waals surface area (Å²) in [5, 5.41) is 4.22. The third-order valence-electron chi connectivity index (χ3n) is 2.77. The zero-order chi connectivity index (χ0) is 10.1. The summed E-state index contributed by atoms with van der Waals surface area (Å²) >= 11 is 0. The van der Waals surface area contributed by atoms with Gasteiger partial charge in [-0.05, 0) is 26.7 Å². The van der Waals surface area contributed by atoms with E-state index in [9.17, 15) is 0 Å². The number of aryl methyl sites for hydroxylation is 1. The third-order valence-corrected chi connectivity index (χ3v) is 2.77. The minimum atomic E-state index is 0.284. The van der Waals surface area contributed by atoms with Gasteiger partial charge in [0.15, 0.2) is 0 Å². The van der Waals surface area contributed by atoms with Crippen molar-refractivity contribution in [2.24, 2.45) is 0 Å². The lowest BCUT2D eigenvalue weighted by atomic mass is 10.2. The Hall–Kier alpha value is -1.03. The fraction of sp³-hybridized carbons (Fsp3) is 0.700. The van der Waals surface area contributed by atoms with Crippen molar-refractivity contribution < 1.29 is 4.74 Å². The summed E-state index contributed by atoms with van der Waals surface area (Å²) in [4.78, 5) is 0. The molecule has 0 saturated carbocycles. The number of ether oxygens (including phenoxy) is 1. The van der Waals surface area contributed by atoms with Crippen LogP contribution in [0.4, 0.5) is 5.82 Å². The molecule has 2 rings (SSSR count). The first-order chi connectivity index (χ1) is 6.66. The van der Waals surface area contributed by atoms with Gasteiger partial charge in [-0.3, -0.25) is 0 Å². The van der Waals surface area contributed by atoms with Crippen LogP contribution in [0.25, 0.3) is 0 Å². The highest BCUT2D eigenvalue weighted by atomic mass is 16.5. The van der Waals surface area contributed by atoms with E-state index >= 15 is 0 Å². The molecule has 0 aliphatic carbocycles. The van der Waals surface area contributed by atoms with Crippen LogP contribution in [-0.4, -0.2) is 22.0 Å². The van der Waals surface area contributed by atoms with Gasteiger partial charge < -0.3 is 10.5 Å². The molecule has 78 valence electrons. The van der Waals surface area contributed by atoms with E-state index in [2.05, 4.69) is 12.0 Å². The Balaban J connectivity index is 2.01. The summed E-state index contributed by atoms with van der Waals surface area (Å²) in [5.74, 6) is 0.758. The second kappa shape index (κ2) is 3.61. The molecule has 2 N–H and O–H groups in total. The molecule has 1 saturated heterocycles. The molecule has 1 aromatic rings. The van der Waals surface area contributed by atoms with E-state index in [-0.39, 0.29) is 6.10 Å². The van der Waals surface area contributed by atoms with Crippen LogP contribution in [0.1, 0.15) is 25.3 Å². The van der Waals surface area contributed by atoms with Crippen molar-refractivity contribution in [1.82, 2.24) is 9.78 Å². The van der Waals surface area contributed by atoms with E-state index in [4.69, 9.17) is 10.5 Å². The fourth-order valence-electron chi connectivity index (χ4n) is 1.85. The third kappa shape index (κ3) is 1.75. The second-order valence-electron chi connectivity index (χ2n) is 4.04. The van der Waals surface area contributed by atoms with Gasteiger partial charge in [-0.2, -0.15) is 5.10 Å². The van der Waals surface area contributed by atoms with Crippen molar-refractivity contribution in [1.29, 1.82) is 0 Å². The minimum Gasteiger partial charge on any atom is -0.384 e. The lowest BCUT2D eigenvalue weighted by Crippen LogP contribution is -2.18. The van der Waals surface area contributed by atoms with Gasteiger partial charge in [-0.25, -0.2) is 4.68 Å². The van der Waals surface area contributed by atoms with Gasteiger partial charge in [0.1, 0.15) is 5.82 Å². The van der Waals surface area contributed by atoms with Crippen LogP contribution in [0, 0.1) is 6.92 Å². The van der Waals surface area contributed by atoms with Gasteiger partial charge in [0.05, 0.1) is 24.9 Å². The van der Waals surface area contributed by atoms with Gasteiger partial charge in [-0.1, -0.05) is 0 Å². The van der Waals surface area contributed by atoms with Gasteiger partial charge >= 0.3 is 0 Å². The minimum absolute atomic E-state index is 0.284. The molecule has 0 amide bonds. The van der Waals surface area contributed by atoms with E-state index in [1.54, 1.807) is 6.20 Å². The zero-order valence-electron chi connectivity index (χ0n) is 8.73. The smallest absolute Gasteiger partial charge is 0.124 e. The number of aromatic nitrogens is 2. The molecule has 4 nitrogen and oxygen atoms in total. The summed E-state index contributed by atoms with van der Waals surface area (Å²) < 4.78 is 7.54.